The van der Waals surface area contributed by atoms with Crippen LogP contribution < -0.4 is 0 Å². The maximum absolute atomic E-state index is 13.2. The molecule has 0 radical (unpaired) electrons. The second-order valence-electron chi connectivity index (χ2n) is 6.15. The Morgan fingerprint density at radius 2 is 1.80 bits per heavy atom. The molecule has 2 amide bonds. The largest absolute Gasteiger partial charge is 0.387 e. The Bertz CT molecular complexity index is 792. The number of hydrogen-bond donors (Lipinski definition) is 1. The number of carbonyl (C=O) groups is 2. The van der Waals surface area contributed by atoms with E-state index < -0.39 is 17.8 Å². The molecule has 130 valence electrons. The zero-order valence-electron chi connectivity index (χ0n) is 13.4. The van der Waals surface area contributed by atoms with Gasteiger partial charge < -0.3 is 5.11 Å². The van der Waals surface area contributed by atoms with Gasteiger partial charge in [-0.3, -0.25) is 14.5 Å². The van der Waals surface area contributed by atoms with Gasteiger partial charge in [0.15, 0.2) is 0 Å². The molecular weight excluding hydrogens is 328 g/mol. The van der Waals surface area contributed by atoms with Crippen LogP contribution in [0.25, 0.3) is 0 Å². The van der Waals surface area contributed by atoms with E-state index in [1.165, 1.54) is 36.4 Å². The van der Waals surface area contributed by atoms with Gasteiger partial charge in [0.05, 0.1) is 18.6 Å². The van der Waals surface area contributed by atoms with Crippen LogP contribution in [0.4, 0.5) is 8.78 Å². The summed E-state index contributed by atoms with van der Waals surface area (Å²) in [5.41, 5.74) is 1.07. The third kappa shape index (κ3) is 3.91. The van der Waals surface area contributed by atoms with Crippen LogP contribution in [-0.2, 0) is 16.0 Å². The summed E-state index contributed by atoms with van der Waals surface area (Å²) in [5, 5.41) is 10.2. The van der Waals surface area contributed by atoms with Crippen LogP contribution in [0, 0.1) is 17.6 Å². The normalized spacial score (nSPS) is 18.7. The molecule has 3 rings (SSSR count). The van der Waals surface area contributed by atoms with Crippen LogP contribution >= 0.6 is 0 Å². The van der Waals surface area contributed by atoms with E-state index in [9.17, 15) is 23.5 Å². The number of carbonyl (C=O) groups excluding carboxylic acids is 2. The van der Waals surface area contributed by atoms with E-state index in [-0.39, 0.29) is 30.6 Å². The van der Waals surface area contributed by atoms with Crippen molar-refractivity contribution in [3.8, 4) is 0 Å². The molecule has 1 fully saturated rings. The summed E-state index contributed by atoms with van der Waals surface area (Å²) in [5.74, 6) is -2.13. The third-order valence-corrected chi connectivity index (χ3v) is 4.32. The van der Waals surface area contributed by atoms with Crippen LogP contribution in [-0.4, -0.2) is 28.4 Å². The molecule has 1 heterocycles. The van der Waals surface area contributed by atoms with E-state index in [1.807, 2.05) is 0 Å². The zero-order valence-corrected chi connectivity index (χ0v) is 13.4. The van der Waals surface area contributed by atoms with Gasteiger partial charge in [0.2, 0.25) is 11.8 Å². The van der Waals surface area contributed by atoms with Crippen molar-refractivity contribution in [3.63, 3.8) is 0 Å². The van der Waals surface area contributed by atoms with Gasteiger partial charge in [-0.25, -0.2) is 8.78 Å². The fourth-order valence-corrected chi connectivity index (χ4v) is 3.00. The van der Waals surface area contributed by atoms with Crippen molar-refractivity contribution >= 4 is 11.8 Å². The van der Waals surface area contributed by atoms with Crippen LogP contribution in [0.15, 0.2) is 48.5 Å². The van der Waals surface area contributed by atoms with Gasteiger partial charge in [-0.05, 0) is 41.8 Å². The second-order valence-corrected chi connectivity index (χ2v) is 6.15. The number of benzene rings is 2. The third-order valence-electron chi connectivity index (χ3n) is 4.32. The van der Waals surface area contributed by atoms with Gasteiger partial charge in [-0.2, -0.15) is 0 Å². The van der Waals surface area contributed by atoms with E-state index in [4.69, 9.17) is 0 Å². The molecule has 2 aromatic carbocycles. The van der Waals surface area contributed by atoms with Crippen LogP contribution in [0.3, 0.4) is 0 Å². The van der Waals surface area contributed by atoms with Crippen molar-refractivity contribution in [1.82, 2.24) is 4.90 Å². The average molecular weight is 345 g/mol. The number of amides is 2. The summed E-state index contributed by atoms with van der Waals surface area (Å²) >= 11 is 0. The molecule has 25 heavy (non-hydrogen) atoms. The highest BCUT2D eigenvalue weighted by Gasteiger charge is 2.39. The minimum atomic E-state index is -1.15. The number of aliphatic hydroxyl groups is 1. The summed E-state index contributed by atoms with van der Waals surface area (Å²) in [7, 11) is 0. The SMILES string of the molecule is O=C1C[C@H](Cc2ccc(F)cc2)C(=O)N1C[C@@H](O)c1cccc(F)c1. The molecule has 0 bridgehead atoms. The summed E-state index contributed by atoms with van der Waals surface area (Å²) in [6.45, 7) is -0.207. The standard InChI is InChI=1S/C19H17F2NO3/c20-15-6-4-12(5-7-15)8-14-10-18(24)22(19(14)25)11-17(23)13-2-1-3-16(21)9-13/h1-7,9,14,17,23H,8,10-11H2/t14-,17+/m0/s1. The molecule has 1 aliphatic heterocycles. The number of halogens is 2. The van der Waals surface area contributed by atoms with Gasteiger partial charge in [-0.1, -0.05) is 24.3 Å². The van der Waals surface area contributed by atoms with Crippen LogP contribution in [0.1, 0.15) is 23.7 Å². The highest BCUT2D eigenvalue weighted by atomic mass is 19.1. The maximum atomic E-state index is 13.2. The van der Waals surface area contributed by atoms with E-state index in [1.54, 1.807) is 12.1 Å². The number of likely N-dealkylation sites (tertiary alicyclic amines) is 1. The number of nitrogens with zero attached hydrogens (tertiary/aromatic N) is 1. The second kappa shape index (κ2) is 7.11. The molecule has 4 nitrogen and oxygen atoms in total. The van der Waals surface area contributed by atoms with E-state index in [0.29, 0.717) is 12.0 Å². The number of β-amino-alcohol motifs (C(OH)–C–C–N with tert-alkyl or cyclic N) is 1. The van der Waals surface area contributed by atoms with Gasteiger partial charge in [0.25, 0.3) is 0 Å². The molecule has 2 aromatic rings. The molecule has 0 saturated carbocycles. The summed E-state index contributed by atoms with van der Waals surface area (Å²) in [4.78, 5) is 25.6. The van der Waals surface area contributed by atoms with Crippen LogP contribution in [0.2, 0.25) is 0 Å². The summed E-state index contributed by atoms with van der Waals surface area (Å²) in [6.07, 6.45) is -0.767. The highest BCUT2D eigenvalue weighted by Crippen LogP contribution is 2.26. The lowest BCUT2D eigenvalue weighted by Gasteiger charge is -2.19. The predicted molar refractivity (Wildman–Crippen MR) is 86.3 cm³/mol. The van der Waals surface area contributed by atoms with Crippen molar-refractivity contribution in [2.75, 3.05) is 6.54 Å². The molecular formula is C19H17F2NO3. The minimum absolute atomic E-state index is 0.0477. The Labute approximate surface area is 143 Å². The Morgan fingerprint density at radius 3 is 2.48 bits per heavy atom. The molecule has 0 aromatic heterocycles. The predicted octanol–water partition coefficient (Wildman–Crippen LogP) is 2.62. The van der Waals surface area contributed by atoms with Crippen molar-refractivity contribution in [1.29, 1.82) is 0 Å². The zero-order chi connectivity index (χ0) is 18.0. The highest BCUT2D eigenvalue weighted by molar-refractivity contribution is 6.03. The first kappa shape index (κ1) is 17.2. The van der Waals surface area contributed by atoms with Crippen molar-refractivity contribution in [3.05, 3.63) is 71.3 Å². The number of aliphatic hydroxyl groups excluding tert-OH is 1. The van der Waals surface area contributed by atoms with E-state index in [2.05, 4.69) is 0 Å². The average Bonchev–Trinajstić information content (AvgIpc) is 2.84. The fraction of sp³-hybridized carbons (Fsp3) is 0.263. The van der Waals surface area contributed by atoms with Gasteiger partial charge in [-0.15, -0.1) is 0 Å². The molecule has 1 saturated heterocycles. The molecule has 0 unspecified atom stereocenters. The fourth-order valence-electron chi connectivity index (χ4n) is 3.00. The Hall–Kier alpha value is -2.60. The van der Waals surface area contributed by atoms with Crippen molar-refractivity contribution in [2.24, 2.45) is 5.92 Å². The van der Waals surface area contributed by atoms with Crippen molar-refractivity contribution in [2.45, 2.75) is 18.9 Å². The molecule has 1 N–H and O–H groups in total. The Morgan fingerprint density at radius 1 is 1.08 bits per heavy atom. The molecule has 1 aliphatic rings. The lowest BCUT2D eigenvalue weighted by molar-refractivity contribution is -0.141. The van der Waals surface area contributed by atoms with Crippen LogP contribution in [0.5, 0.6) is 0 Å². The molecule has 6 heteroatoms. The first-order valence-electron chi connectivity index (χ1n) is 7.96. The molecule has 0 aliphatic carbocycles. The first-order chi connectivity index (χ1) is 11.9. The minimum Gasteiger partial charge on any atom is -0.387 e. The van der Waals surface area contributed by atoms with Gasteiger partial charge in [0.1, 0.15) is 11.6 Å². The van der Waals surface area contributed by atoms with Gasteiger partial charge >= 0.3 is 0 Å². The van der Waals surface area contributed by atoms with Crippen molar-refractivity contribution < 1.29 is 23.5 Å². The Balaban J connectivity index is 1.67. The monoisotopic (exact) mass is 345 g/mol. The van der Waals surface area contributed by atoms with E-state index in [0.717, 1.165) is 10.5 Å². The quantitative estimate of drug-likeness (QED) is 0.848. The lowest BCUT2D eigenvalue weighted by atomic mass is 9.98. The Kier molecular flexibility index (Phi) is 4.90. The smallest absolute Gasteiger partial charge is 0.233 e. The number of hydrogen-bond acceptors (Lipinski definition) is 3. The first-order valence-corrected chi connectivity index (χ1v) is 7.96. The maximum Gasteiger partial charge on any atom is 0.233 e. The number of imide groups is 1. The van der Waals surface area contributed by atoms with E-state index >= 15 is 0 Å². The molecule has 2 atom stereocenters. The summed E-state index contributed by atoms with van der Waals surface area (Å²) in [6, 6.07) is 11.2. The summed E-state index contributed by atoms with van der Waals surface area (Å²) < 4.78 is 26.2. The lowest BCUT2D eigenvalue weighted by Crippen LogP contribution is -2.34. The number of rotatable bonds is 5. The van der Waals surface area contributed by atoms with Gasteiger partial charge in [0, 0.05) is 6.42 Å². The topological polar surface area (TPSA) is 57.6 Å². The molecule has 0 spiro atoms.